The average molecular weight is 263 g/mol. The Balaban J connectivity index is 1.85. The van der Waals surface area contributed by atoms with Crippen LogP contribution in [0.3, 0.4) is 0 Å². The molecule has 1 fully saturated rings. The van der Waals surface area contributed by atoms with Gasteiger partial charge < -0.3 is 10.6 Å². The first-order valence-electron chi connectivity index (χ1n) is 6.88. The van der Waals surface area contributed by atoms with E-state index in [1.807, 2.05) is 60.7 Å². The van der Waals surface area contributed by atoms with Crippen molar-refractivity contribution in [1.29, 1.82) is 5.26 Å². The van der Waals surface area contributed by atoms with E-state index in [9.17, 15) is 5.26 Å². The molecule has 0 bridgehead atoms. The number of benzene rings is 2. The van der Waals surface area contributed by atoms with E-state index in [1.54, 1.807) is 0 Å². The first-order chi connectivity index (χ1) is 9.82. The molecule has 20 heavy (non-hydrogen) atoms. The van der Waals surface area contributed by atoms with Crippen LogP contribution in [0.4, 0.5) is 11.4 Å². The van der Waals surface area contributed by atoms with Crippen molar-refractivity contribution < 1.29 is 0 Å². The Hall–Kier alpha value is -2.47. The molecule has 2 aromatic carbocycles. The summed E-state index contributed by atoms with van der Waals surface area (Å²) in [4.78, 5) is 0. The minimum atomic E-state index is -0.364. The second-order valence-electron chi connectivity index (χ2n) is 5.17. The fraction of sp³-hybridized carbons (Fsp3) is 0.235. The molecule has 3 heteroatoms. The van der Waals surface area contributed by atoms with Crippen LogP contribution in [0.2, 0.25) is 0 Å². The fourth-order valence-corrected chi connectivity index (χ4v) is 2.64. The summed E-state index contributed by atoms with van der Waals surface area (Å²) in [5.74, 6) is -0.0251. The molecule has 1 atom stereocenters. The van der Waals surface area contributed by atoms with Crippen molar-refractivity contribution in [1.82, 2.24) is 0 Å². The molecule has 0 amide bonds. The van der Waals surface area contributed by atoms with Gasteiger partial charge in [-0.05, 0) is 37.1 Å². The van der Waals surface area contributed by atoms with Gasteiger partial charge in [-0.1, -0.05) is 36.4 Å². The largest absolute Gasteiger partial charge is 0.362 e. The van der Waals surface area contributed by atoms with Crippen molar-refractivity contribution >= 4 is 11.4 Å². The van der Waals surface area contributed by atoms with Crippen molar-refractivity contribution in [2.45, 2.75) is 18.5 Å². The maximum absolute atomic E-state index is 9.35. The number of hydrogen-bond acceptors (Lipinski definition) is 3. The number of hydrogen-bond donors (Lipinski definition) is 2. The molecule has 2 aromatic rings. The van der Waals surface area contributed by atoms with Gasteiger partial charge in [-0.3, -0.25) is 0 Å². The summed E-state index contributed by atoms with van der Waals surface area (Å²) in [7, 11) is 0. The van der Waals surface area contributed by atoms with Gasteiger partial charge in [0.25, 0.3) is 0 Å². The van der Waals surface area contributed by atoms with Gasteiger partial charge in [0.2, 0.25) is 0 Å². The van der Waals surface area contributed by atoms with Crippen molar-refractivity contribution in [2.75, 3.05) is 10.6 Å². The maximum Gasteiger partial charge on any atom is 0.124 e. The second-order valence-corrected chi connectivity index (χ2v) is 5.17. The number of rotatable bonds is 4. The summed E-state index contributed by atoms with van der Waals surface area (Å²) >= 11 is 0. The quantitative estimate of drug-likeness (QED) is 0.824. The molecule has 0 spiro atoms. The van der Waals surface area contributed by atoms with Gasteiger partial charge in [0.1, 0.15) is 5.66 Å². The highest BCUT2D eigenvalue weighted by atomic mass is 15.2. The summed E-state index contributed by atoms with van der Waals surface area (Å²) in [6.45, 7) is 0. The molecule has 0 saturated heterocycles. The summed E-state index contributed by atoms with van der Waals surface area (Å²) in [6.07, 6.45) is 1.87. The molecule has 1 aliphatic carbocycles. The van der Waals surface area contributed by atoms with Crippen LogP contribution in [0.1, 0.15) is 12.8 Å². The topological polar surface area (TPSA) is 47.9 Å². The van der Waals surface area contributed by atoms with E-state index in [0.717, 1.165) is 24.2 Å². The van der Waals surface area contributed by atoms with Crippen molar-refractivity contribution in [3.8, 4) is 6.07 Å². The van der Waals surface area contributed by atoms with Crippen LogP contribution in [0.15, 0.2) is 60.7 Å². The van der Waals surface area contributed by atoms with Gasteiger partial charge in [0.15, 0.2) is 0 Å². The summed E-state index contributed by atoms with van der Waals surface area (Å²) < 4.78 is 0. The van der Waals surface area contributed by atoms with Crippen LogP contribution >= 0.6 is 0 Å². The van der Waals surface area contributed by atoms with E-state index in [2.05, 4.69) is 16.7 Å². The van der Waals surface area contributed by atoms with Crippen LogP contribution < -0.4 is 10.6 Å². The molecule has 3 nitrogen and oxygen atoms in total. The van der Waals surface area contributed by atoms with Crippen LogP contribution in [-0.4, -0.2) is 5.66 Å². The summed E-state index contributed by atoms with van der Waals surface area (Å²) in [6, 6.07) is 22.5. The molecule has 100 valence electrons. The molecule has 0 radical (unpaired) electrons. The Kier molecular flexibility index (Phi) is 3.30. The van der Waals surface area contributed by atoms with Gasteiger partial charge in [-0.2, -0.15) is 5.26 Å². The van der Waals surface area contributed by atoms with Crippen molar-refractivity contribution in [3.63, 3.8) is 0 Å². The lowest BCUT2D eigenvalue weighted by molar-refractivity contribution is 0.238. The number of nitrogens with one attached hydrogen (secondary N) is 2. The molecule has 1 saturated carbocycles. The van der Waals surface area contributed by atoms with Gasteiger partial charge in [-0.25, -0.2) is 0 Å². The number of anilines is 2. The highest BCUT2D eigenvalue weighted by Gasteiger charge is 2.47. The third-order valence-electron chi connectivity index (χ3n) is 3.86. The Morgan fingerprint density at radius 3 is 1.75 bits per heavy atom. The minimum absolute atomic E-state index is 0.0251. The minimum Gasteiger partial charge on any atom is -0.362 e. The van der Waals surface area contributed by atoms with Crippen LogP contribution in [0.5, 0.6) is 0 Å². The zero-order valence-corrected chi connectivity index (χ0v) is 11.2. The van der Waals surface area contributed by atoms with E-state index < -0.39 is 0 Å². The van der Waals surface area contributed by atoms with E-state index in [1.165, 1.54) is 0 Å². The predicted molar refractivity (Wildman–Crippen MR) is 81.2 cm³/mol. The first kappa shape index (κ1) is 12.6. The molecule has 3 rings (SSSR count). The van der Waals surface area contributed by atoms with E-state index >= 15 is 0 Å². The highest BCUT2D eigenvalue weighted by molar-refractivity contribution is 5.54. The van der Waals surface area contributed by atoms with Gasteiger partial charge in [-0.15, -0.1) is 0 Å². The third kappa shape index (κ3) is 2.33. The molecule has 2 N–H and O–H groups in total. The number of para-hydroxylation sites is 2. The molecule has 1 unspecified atom stereocenters. The van der Waals surface area contributed by atoms with Crippen LogP contribution in [0.25, 0.3) is 0 Å². The second kappa shape index (κ2) is 5.26. The SMILES string of the molecule is N#CC1CCC1(Nc1ccccc1)Nc1ccccc1. The van der Waals surface area contributed by atoms with Crippen molar-refractivity contribution in [2.24, 2.45) is 5.92 Å². The van der Waals surface area contributed by atoms with Gasteiger partial charge in [0, 0.05) is 11.4 Å². The predicted octanol–water partition coefficient (Wildman–Crippen LogP) is 3.84. The molecular weight excluding hydrogens is 246 g/mol. The standard InChI is InChI=1S/C17H17N3/c18-13-14-11-12-17(14,19-15-7-3-1-4-8-15)20-16-9-5-2-6-10-16/h1-10,14,19-20H,11-12H2. The van der Waals surface area contributed by atoms with E-state index in [0.29, 0.717) is 0 Å². The first-order valence-corrected chi connectivity index (χ1v) is 6.88. The van der Waals surface area contributed by atoms with E-state index in [-0.39, 0.29) is 11.6 Å². The van der Waals surface area contributed by atoms with Crippen LogP contribution in [0, 0.1) is 17.2 Å². The number of nitrogens with zero attached hydrogens (tertiary/aromatic N) is 1. The Morgan fingerprint density at radius 2 is 1.40 bits per heavy atom. The van der Waals surface area contributed by atoms with E-state index in [4.69, 9.17) is 0 Å². The lowest BCUT2D eigenvalue weighted by Crippen LogP contribution is -2.58. The lowest BCUT2D eigenvalue weighted by Gasteiger charge is -2.48. The highest BCUT2D eigenvalue weighted by Crippen LogP contribution is 2.41. The molecule has 0 heterocycles. The summed E-state index contributed by atoms with van der Waals surface area (Å²) in [5, 5.41) is 16.4. The lowest BCUT2D eigenvalue weighted by atomic mass is 9.73. The molecule has 1 aliphatic rings. The normalized spacial score (nSPS) is 19.4. The maximum atomic E-state index is 9.35. The third-order valence-corrected chi connectivity index (χ3v) is 3.86. The zero-order chi connectivity index (χ0) is 13.8. The molecule has 0 aliphatic heterocycles. The molecule has 0 aromatic heterocycles. The van der Waals surface area contributed by atoms with Gasteiger partial charge >= 0.3 is 0 Å². The summed E-state index contributed by atoms with van der Waals surface area (Å²) in [5.41, 5.74) is 1.71. The monoisotopic (exact) mass is 263 g/mol. The number of nitriles is 1. The average Bonchev–Trinajstić information content (AvgIpc) is 2.48. The molecular formula is C17H17N3. The van der Waals surface area contributed by atoms with Crippen molar-refractivity contribution in [3.05, 3.63) is 60.7 Å². The fourth-order valence-electron chi connectivity index (χ4n) is 2.64. The van der Waals surface area contributed by atoms with Gasteiger partial charge in [0.05, 0.1) is 12.0 Å². The zero-order valence-electron chi connectivity index (χ0n) is 11.2. The Labute approximate surface area is 119 Å². The van der Waals surface area contributed by atoms with Crippen LogP contribution in [-0.2, 0) is 0 Å². The Bertz CT molecular complexity index is 560. The Morgan fingerprint density at radius 1 is 0.900 bits per heavy atom. The smallest absolute Gasteiger partial charge is 0.124 e.